The van der Waals surface area contributed by atoms with Crippen LogP contribution in [0, 0.1) is 11.8 Å². The van der Waals surface area contributed by atoms with E-state index in [0.29, 0.717) is 11.8 Å². The Bertz CT molecular complexity index is 423. The first-order chi connectivity index (χ1) is 10.7. The molecule has 0 spiro atoms. The molecular formula is C17H28N2O2S. The van der Waals surface area contributed by atoms with E-state index in [2.05, 4.69) is 6.92 Å². The van der Waals surface area contributed by atoms with E-state index in [0.717, 1.165) is 44.5 Å². The molecule has 4 nitrogen and oxygen atoms in total. The molecule has 5 heteroatoms. The second-order valence-electron chi connectivity index (χ2n) is 7.17. The minimum Gasteiger partial charge on any atom is -0.341 e. The van der Waals surface area contributed by atoms with Gasteiger partial charge in [-0.3, -0.25) is 9.59 Å². The Morgan fingerprint density at radius 1 is 0.955 bits per heavy atom. The summed E-state index contributed by atoms with van der Waals surface area (Å²) in [5.74, 6) is 2.82. The molecule has 1 saturated carbocycles. The van der Waals surface area contributed by atoms with Crippen LogP contribution in [-0.2, 0) is 9.59 Å². The summed E-state index contributed by atoms with van der Waals surface area (Å²) in [5.41, 5.74) is 0. The van der Waals surface area contributed by atoms with E-state index in [-0.39, 0.29) is 23.8 Å². The predicted molar refractivity (Wildman–Crippen MR) is 89.5 cm³/mol. The summed E-state index contributed by atoms with van der Waals surface area (Å²) in [4.78, 5) is 29.5. The fourth-order valence-corrected chi connectivity index (χ4v) is 5.12. The van der Waals surface area contributed by atoms with Gasteiger partial charge in [0.25, 0.3) is 0 Å². The summed E-state index contributed by atoms with van der Waals surface area (Å²) in [6, 6.07) is -0.202. The molecule has 0 aromatic rings. The highest BCUT2D eigenvalue weighted by Crippen LogP contribution is 2.31. The summed E-state index contributed by atoms with van der Waals surface area (Å²) < 4.78 is 0. The Labute approximate surface area is 138 Å². The van der Waals surface area contributed by atoms with E-state index >= 15 is 0 Å². The third-order valence-electron chi connectivity index (χ3n) is 5.48. The average molecular weight is 324 g/mol. The van der Waals surface area contributed by atoms with Crippen LogP contribution in [0.25, 0.3) is 0 Å². The van der Waals surface area contributed by atoms with Crippen molar-refractivity contribution in [2.75, 3.05) is 24.7 Å². The molecule has 1 aliphatic carbocycles. The van der Waals surface area contributed by atoms with Crippen LogP contribution in [0.1, 0.15) is 51.9 Å². The van der Waals surface area contributed by atoms with E-state index in [1.165, 1.54) is 19.3 Å². The van der Waals surface area contributed by atoms with E-state index in [1.54, 1.807) is 11.8 Å². The van der Waals surface area contributed by atoms with E-state index < -0.39 is 0 Å². The molecule has 0 bridgehead atoms. The molecule has 3 rings (SSSR count). The third-order valence-corrected chi connectivity index (χ3v) is 6.50. The molecule has 2 heterocycles. The van der Waals surface area contributed by atoms with Gasteiger partial charge in [0.15, 0.2) is 0 Å². The van der Waals surface area contributed by atoms with Gasteiger partial charge in [-0.2, -0.15) is 0 Å². The summed E-state index contributed by atoms with van der Waals surface area (Å²) in [6.45, 7) is 4.01. The highest BCUT2D eigenvalue weighted by Gasteiger charge is 2.40. The molecule has 22 heavy (non-hydrogen) atoms. The molecule has 2 amide bonds. The van der Waals surface area contributed by atoms with Crippen molar-refractivity contribution in [3.05, 3.63) is 0 Å². The molecule has 3 aliphatic rings. The lowest BCUT2D eigenvalue weighted by Crippen LogP contribution is -2.50. The molecule has 124 valence electrons. The predicted octanol–water partition coefficient (Wildman–Crippen LogP) is 2.73. The normalized spacial score (nSPS) is 30.6. The number of hydrogen-bond acceptors (Lipinski definition) is 3. The lowest BCUT2D eigenvalue weighted by atomic mass is 10.0. The van der Waals surface area contributed by atoms with Crippen LogP contribution in [0.3, 0.4) is 0 Å². The topological polar surface area (TPSA) is 40.6 Å². The van der Waals surface area contributed by atoms with Crippen LogP contribution in [0.15, 0.2) is 0 Å². The molecule has 2 unspecified atom stereocenters. The first-order valence-corrected chi connectivity index (χ1v) is 9.99. The van der Waals surface area contributed by atoms with E-state index in [1.807, 2.05) is 9.80 Å². The fourth-order valence-electron chi connectivity index (χ4n) is 3.97. The minimum atomic E-state index is -0.202. The Balaban J connectivity index is 1.64. The second kappa shape index (κ2) is 7.24. The summed E-state index contributed by atoms with van der Waals surface area (Å²) in [6.07, 6.45) is 7.78. The van der Waals surface area contributed by atoms with E-state index in [4.69, 9.17) is 0 Å². The molecule has 0 aromatic heterocycles. The average Bonchev–Trinajstić information content (AvgIpc) is 3.16. The molecule has 2 aliphatic heterocycles. The van der Waals surface area contributed by atoms with Crippen LogP contribution in [0.5, 0.6) is 0 Å². The number of nitrogens with zero attached hydrogens (tertiary/aromatic N) is 2. The van der Waals surface area contributed by atoms with Gasteiger partial charge >= 0.3 is 0 Å². The van der Waals surface area contributed by atoms with Crippen LogP contribution in [0.4, 0.5) is 0 Å². The number of amides is 2. The van der Waals surface area contributed by atoms with Crippen molar-refractivity contribution in [3.8, 4) is 0 Å². The van der Waals surface area contributed by atoms with Gasteiger partial charge in [-0.15, -0.1) is 11.8 Å². The molecule has 0 aromatic carbocycles. The number of likely N-dealkylation sites (tertiary alicyclic amines) is 1. The maximum Gasteiger partial charge on any atom is 0.246 e. The Hall–Kier alpha value is -0.710. The van der Waals surface area contributed by atoms with Crippen LogP contribution in [0.2, 0.25) is 0 Å². The van der Waals surface area contributed by atoms with Gasteiger partial charge in [-0.25, -0.2) is 0 Å². The largest absolute Gasteiger partial charge is 0.341 e. The smallest absolute Gasteiger partial charge is 0.246 e. The Morgan fingerprint density at radius 3 is 2.50 bits per heavy atom. The number of carbonyl (C=O) groups is 2. The van der Waals surface area contributed by atoms with Gasteiger partial charge in [0.1, 0.15) is 6.04 Å². The summed E-state index contributed by atoms with van der Waals surface area (Å²) in [5, 5.41) is 0. The zero-order valence-electron chi connectivity index (χ0n) is 13.6. The SMILES string of the molecule is CC1CCCN(C(=O)C2CSCN2C(=O)C2CCCC2)CC1. The third kappa shape index (κ3) is 3.44. The first kappa shape index (κ1) is 16.2. The Kier molecular flexibility index (Phi) is 5.32. The van der Waals surface area contributed by atoms with Crippen molar-refractivity contribution >= 4 is 23.6 Å². The van der Waals surface area contributed by atoms with Gasteiger partial charge in [0.05, 0.1) is 5.88 Å². The van der Waals surface area contributed by atoms with Crippen LogP contribution >= 0.6 is 11.8 Å². The quantitative estimate of drug-likeness (QED) is 0.784. The van der Waals surface area contributed by atoms with Crippen molar-refractivity contribution in [2.24, 2.45) is 11.8 Å². The lowest BCUT2D eigenvalue weighted by Gasteiger charge is -2.30. The monoisotopic (exact) mass is 324 g/mol. The molecule has 0 radical (unpaired) electrons. The molecule has 0 N–H and O–H groups in total. The van der Waals surface area contributed by atoms with E-state index in [9.17, 15) is 9.59 Å². The Morgan fingerprint density at radius 2 is 1.73 bits per heavy atom. The molecule has 3 fully saturated rings. The summed E-state index contributed by atoms with van der Waals surface area (Å²) in [7, 11) is 0. The number of hydrogen-bond donors (Lipinski definition) is 0. The highest BCUT2D eigenvalue weighted by atomic mass is 32.2. The van der Waals surface area contributed by atoms with Gasteiger partial charge in [0, 0.05) is 24.8 Å². The van der Waals surface area contributed by atoms with Crippen molar-refractivity contribution in [3.63, 3.8) is 0 Å². The number of rotatable bonds is 2. The fraction of sp³-hybridized carbons (Fsp3) is 0.882. The second-order valence-corrected chi connectivity index (χ2v) is 8.17. The van der Waals surface area contributed by atoms with Crippen LogP contribution in [-0.4, -0.2) is 52.4 Å². The van der Waals surface area contributed by atoms with Crippen molar-refractivity contribution in [1.29, 1.82) is 0 Å². The van der Waals surface area contributed by atoms with Crippen molar-refractivity contribution < 1.29 is 9.59 Å². The lowest BCUT2D eigenvalue weighted by molar-refractivity contribution is -0.145. The minimum absolute atomic E-state index is 0.179. The van der Waals surface area contributed by atoms with Gasteiger partial charge in [0.2, 0.25) is 11.8 Å². The van der Waals surface area contributed by atoms with Crippen LogP contribution < -0.4 is 0 Å². The van der Waals surface area contributed by atoms with Crippen molar-refractivity contribution in [1.82, 2.24) is 9.80 Å². The van der Waals surface area contributed by atoms with Gasteiger partial charge in [-0.1, -0.05) is 19.8 Å². The molecule has 2 atom stereocenters. The van der Waals surface area contributed by atoms with Crippen molar-refractivity contribution in [2.45, 2.75) is 57.9 Å². The highest BCUT2D eigenvalue weighted by molar-refractivity contribution is 7.99. The zero-order valence-corrected chi connectivity index (χ0v) is 14.4. The number of carbonyl (C=O) groups excluding carboxylic acids is 2. The zero-order chi connectivity index (χ0) is 15.5. The maximum atomic E-state index is 12.9. The van der Waals surface area contributed by atoms with Gasteiger partial charge in [-0.05, 0) is 38.0 Å². The molecule has 2 saturated heterocycles. The maximum absolute atomic E-state index is 12.9. The van der Waals surface area contributed by atoms with Gasteiger partial charge < -0.3 is 9.80 Å². The number of thioether (sulfide) groups is 1. The first-order valence-electron chi connectivity index (χ1n) is 8.84. The molecular weight excluding hydrogens is 296 g/mol. The standard InChI is InChI=1S/C17H28N2O2S/c1-13-5-4-9-18(10-8-13)17(21)15-11-22-12-19(15)16(20)14-6-2-3-7-14/h13-15H,2-12H2,1H3. The summed E-state index contributed by atoms with van der Waals surface area (Å²) >= 11 is 1.73.